The topological polar surface area (TPSA) is 77.0 Å². The van der Waals surface area contributed by atoms with Crippen molar-refractivity contribution >= 4 is 28.9 Å². The molecule has 0 aliphatic carbocycles. The molecule has 0 saturated heterocycles. The molecule has 170 valence electrons. The van der Waals surface area contributed by atoms with Crippen molar-refractivity contribution < 1.29 is 19.1 Å². The summed E-state index contributed by atoms with van der Waals surface area (Å²) in [5, 5.41) is 5.77. The summed E-state index contributed by atoms with van der Waals surface area (Å²) < 4.78 is 11.0. The Morgan fingerprint density at radius 3 is 2.38 bits per heavy atom. The molecular weight excluding hydrogens is 428 g/mol. The number of aryl methyl sites for hydroxylation is 2. The van der Waals surface area contributed by atoms with Gasteiger partial charge in [-0.3, -0.25) is 4.79 Å². The molecule has 0 aromatic heterocycles. The fourth-order valence-electron chi connectivity index (χ4n) is 3.35. The Hall–Kier alpha value is -4.45. The van der Waals surface area contributed by atoms with Crippen LogP contribution in [0.25, 0.3) is 10.8 Å². The van der Waals surface area contributed by atoms with Crippen molar-refractivity contribution in [3.05, 3.63) is 107 Å². The Balaban J connectivity index is 1.29. The maximum atomic E-state index is 12.7. The van der Waals surface area contributed by atoms with E-state index in [1.807, 2.05) is 68.4 Å². The number of amides is 1. The number of nitrogens with one attached hydrogen (secondary N) is 1. The van der Waals surface area contributed by atoms with Gasteiger partial charge in [-0.05, 0) is 83.8 Å². The second-order valence-corrected chi connectivity index (χ2v) is 7.81. The molecule has 0 aliphatic heterocycles. The van der Waals surface area contributed by atoms with Crippen LogP contribution in [0.2, 0.25) is 0 Å². The number of hydrogen-bond acceptors (Lipinski definition) is 5. The second kappa shape index (κ2) is 10.4. The van der Waals surface area contributed by atoms with E-state index in [1.54, 1.807) is 30.3 Å². The molecular formula is C28H24N2O4. The molecule has 0 atom stereocenters. The van der Waals surface area contributed by atoms with Crippen molar-refractivity contribution in [2.75, 3.05) is 6.61 Å². The van der Waals surface area contributed by atoms with Crippen LogP contribution < -0.4 is 14.9 Å². The van der Waals surface area contributed by atoms with Gasteiger partial charge in [-0.1, -0.05) is 42.5 Å². The van der Waals surface area contributed by atoms with Gasteiger partial charge in [-0.15, -0.1) is 0 Å². The van der Waals surface area contributed by atoms with Gasteiger partial charge >= 0.3 is 5.97 Å². The minimum absolute atomic E-state index is 0.136. The van der Waals surface area contributed by atoms with Crippen LogP contribution in [0.5, 0.6) is 11.5 Å². The number of carbonyl (C=O) groups excluding carboxylic acids is 2. The van der Waals surface area contributed by atoms with Crippen LogP contribution in [0, 0.1) is 13.8 Å². The first-order valence-electron chi connectivity index (χ1n) is 10.8. The van der Waals surface area contributed by atoms with Crippen molar-refractivity contribution in [2.45, 2.75) is 13.8 Å². The molecule has 1 amide bonds. The minimum Gasteiger partial charge on any atom is -0.484 e. The first-order chi connectivity index (χ1) is 16.5. The molecule has 6 nitrogen and oxygen atoms in total. The predicted octanol–water partition coefficient (Wildman–Crippen LogP) is 5.20. The maximum absolute atomic E-state index is 12.7. The van der Waals surface area contributed by atoms with Crippen LogP contribution in [0.3, 0.4) is 0 Å². The molecule has 0 aliphatic rings. The molecule has 1 N–H and O–H groups in total. The van der Waals surface area contributed by atoms with Gasteiger partial charge in [-0.25, -0.2) is 10.2 Å². The summed E-state index contributed by atoms with van der Waals surface area (Å²) in [7, 11) is 0. The van der Waals surface area contributed by atoms with Gasteiger partial charge in [-0.2, -0.15) is 5.10 Å². The van der Waals surface area contributed by atoms with Gasteiger partial charge in [0.05, 0.1) is 11.8 Å². The number of nitrogens with zero attached hydrogens (tertiary/aromatic N) is 1. The molecule has 0 radical (unpaired) electrons. The van der Waals surface area contributed by atoms with Crippen LogP contribution in [0.15, 0.2) is 90.0 Å². The summed E-state index contributed by atoms with van der Waals surface area (Å²) >= 11 is 0. The average Bonchev–Trinajstić information content (AvgIpc) is 2.85. The van der Waals surface area contributed by atoms with E-state index in [0.717, 1.165) is 27.5 Å². The third kappa shape index (κ3) is 5.66. The van der Waals surface area contributed by atoms with Crippen molar-refractivity contribution in [2.24, 2.45) is 5.10 Å². The highest BCUT2D eigenvalue weighted by Gasteiger charge is 2.12. The molecule has 34 heavy (non-hydrogen) atoms. The normalized spacial score (nSPS) is 10.9. The van der Waals surface area contributed by atoms with Crippen LogP contribution in [-0.4, -0.2) is 24.7 Å². The standard InChI is InChI=1S/C28H24N2O4/c1-19-10-13-24(16-20(19)2)33-18-27(31)30-29-17-21-11-14-23(15-12-21)34-28(32)26-9-5-7-22-6-3-4-8-25(22)26/h3-17H,18H2,1-2H3,(H,30,31). The van der Waals surface area contributed by atoms with Crippen LogP contribution in [0.1, 0.15) is 27.0 Å². The SMILES string of the molecule is Cc1ccc(OCC(=O)NN=Cc2ccc(OC(=O)c3cccc4ccccc34)cc2)cc1C. The Labute approximate surface area is 197 Å². The minimum atomic E-state index is -0.422. The van der Waals surface area contributed by atoms with Gasteiger partial charge in [0.25, 0.3) is 5.91 Å². The molecule has 0 bridgehead atoms. The summed E-state index contributed by atoms with van der Waals surface area (Å²) in [6, 6.07) is 25.7. The lowest BCUT2D eigenvalue weighted by molar-refractivity contribution is -0.123. The largest absolute Gasteiger partial charge is 0.484 e. The molecule has 4 aromatic rings. The van der Waals surface area contributed by atoms with E-state index < -0.39 is 5.97 Å². The fourth-order valence-corrected chi connectivity index (χ4v) is 3.35. The van der Waals surface area contributed by atoms with E-state index in [4.69, 9.17) is 9.47 Å². The number of ether oxygens (including phenoxy) is 2. The smallest absolute Gasteiger partial charge is 0.344 e. The highest BCUT2D eigenvalue weighted by atomic mass is 16.5. The lowest BCUT2D eigenvalue weighted by Gasteiger charge is -2.08. The summed E-state index contributed by atoms with van der Waals surface area (Å²) in [6.45, 7) is 3.87. The highest BCUT2D eigenvalue weighted by molar-refractivity contribution is 6.05. The quantitative estimate of drug-likeness (QED) is 0.181. The van der Waals surface area contributed by atoms with E-state index in [0.29, 0.717) is 17.1 Å². The number of esters is 1. The zero-order chi connectivity index (χ0) is 23.9. The molecule has 6 heteroatoms. The molecule has 4 aromatic carbocycles. The van der Waals surface area contributed by atoms with Crippen molar-refractivity contribution in [3.8, 4) is 11.5 Å². The monoisotopic (exact) mass is 452 g/mol. The summed E-state index contributed by atoms with van der Waals surface area (Å²) in [5.41, 5.74) is 5.94. The zero-order valence-electron chi connectivity index (χ0n) is 18.9. The third-order valence-electron chi connectivity index (χ3n) is 5.35. The number of fused-ring (bicyclic) bond motifs is 1. The Morgan fingerprint density at radius 2 is 1.59 bits per heavy atom. The van der Waals surface area contributed by atoms with Crippen LogP contribution >= 0.6 is 0 Å². The van der Waals surface area contributed by atoms with E-state index >= 15 is 0 Å². The van der Waals surface area contributed by atoms with E-state index in [2.05, 4.69) is 10.5 Å². The lowest BCUT2D eigenvalue weighted by Crippen LogP contribution is -2.24. The van der Waals surface area contributed by atoms with Gasteiger partial charge in [0, 0.05) is 0 Å². The summed E-state index contributed by atoms with van der Waals surface area (Å²) in [4.78, 5) is 24.6. The Morgan fingerprint density at radius 1 is 0.853 bits per heavy atom. The number of hydrogen-bond donors (Lipinski definition) is 1. The highest BCUT2D eigenvalue weighted by Crippen LogP contribution is 2.21. The van der Waals surface area contributed by atoms with E-state index in [-0.39, 0.29) is 12.5 Å². The second-order valence-electron chi connectivity index (χ2n) is 7.81. The first-order valence-corrected chi connectivity index (χ1v) is 10.8. The van der Waals surface area contributed by atoms with E-state index in [1.165, 1.54) is 6.21 Å². The van der Waals surface area contributed by atoms with Crippen LogP contribution in [-0.2, 0) is 4.79 Å². The molecule has 0 fully saturated rings. The number of hydrazone groups is 1. The van der Waals surface area contributed by atoms with E-state index in [9.17, 15) is 9.59 Å². The maximum Gasteiger partial charge on any atom is 0.344 e. The molecule has 4 rings (SSSR count). The van der Waals surface area contributed by atoms with Crippen molar-refractivity contribution in [1.82, 2.24) is 5.43 Å². The van der Waals surface area contributed by atoms with Crippen LogP contribution in [0.4, 0.5) is 0 Å². The predicted molar refractivity (Wildman–Crippen MR) is 132 cm³/mol. The molecule has 0 heterocycles. The lowest BCUT2D eigenvalue weighted by atomic mass is 10.0. The zero-order valence-corrected chi connectivity index (χ0v) is 18.9. The first kappa shape index (κ1) is 22.7. The van der Waals surface area contributed by atoms with Gasteiger partial charge < -0.3 is 9.47 Å². The molecule has 0 unspecified atom stereocenters. The summed E-state index contributed by atoms with van der Waals surface area (Å²) in [5.74, 6) is 0.265. The third-order valence-corrected chi connectivity index (χ3v) is 5.35. The van der Waals surface area contributed by atoms with Gasteiger partial charge in [0.15, 0.2) is 6.61 Å². The molecule has 0 spiro atoms. The van der Waals surface area contributed by atoms with Gasteiger partial charge in [0.2, 0.25) is 0 Å². The van der Waals surface area contributed by atoms with Crippen molar-refractivity contribution in [3.63, 3.8) is 0 Å². The number of rotatable bonds is 7. The number of benzene rings is 4. The fraction of sp³-hybridized carbons (Fsp3) is 0.107. The summed E-state index contributed by atoms with van der Waals surface area (Å²) in [6.07, 6.45) is 1.50. The molecule has 0 saturated carbocycles. The van der Waals surface area contributed by atoms with Gasteiger partial charge in [0.1, 0.15) is 11.5 Å². The number of carbonyl (C=O) groups is 2. The average molecular weight is 453 g/mol. The van der Waals surface area contributed by atoms with Crippen molar-refractivity contribution in [1.29, 1.82) is 0 Å². The Bertz CT molecular complexity index is 1360. The Kier molecular flexibility index (Phi) is 6.98.